The zero-order chi connectivity index (χ0) is 16.3. The molecule has 0 aliphatic rings. The lowest BCUT2D eigenvalue weighted by Gasteiger charge is -2.11. The second-order valence-corrected chi connectivity index (χ2v) is 5.03. The van der Waals surface area contributed by atoms with E-state index in [2.05, 4.69) is 10.3 Å². The van der Waals surface area contributed by atoms with Crippen molar-refractivity contribution in [3.8, 4) is 11.1 Å². The highest BCUT2D eigenvalue weighted by molar-refractivity contribution is 5.90. The summed E-state index contributed by atoms with van der Waals surface area (Å²) in [7, 11) is 0. The number of alkyl halides is 3. The Balaban J connectivity index is 2.35. The maximum atomic E-state index is 12.5. The monoisotopic (exact) mass is 308 g/mol. The van der Waals surface area contributed by atoms with E-state index < -0.39 is 12.6 Å². The van der Waals surface area contributed by atoms with E-state index in [9.17, 15) is 18.0 Å². The molecule has 3 nitrogen and oxygen atoms in total. The minimum absolute atomic E-state index is 0.187. The minimum Gasteiger partial charge on any atom is -0.325 e. The maximum absolute atomic E-state index is 12.5. The average molecular weight is 308 g/mol. The van der Waals surface area contributed by atoms with Crippen molar-refractivity contribution in [3.63, 3.8) is 0 Å². The number of nitrogens with zero attached hydrogens (tertiary/aromatic N) is 1. The number of carbonyl (C=O) groups is 1. The number of halogens is 3. The summed E-state index contributed by atoms with van der Waals surface area (Å²) in [6.45, 7) is 3.13. The Kier molecular flexibility index (Phi) is 4.49. The number of anilines is 1. The van der Waals surface area contributed by atoms with Crippen LogP contribution in [-0.2, 0) is 11.2 Å². The van der Waals surface area contributed by atoms with Crippen LogP contribution in [0.5, 0.6) is 0 Å². The number of rotatable bonds is 3. The largest absolute Gasteiger partial charge is 0.393 e. The maximum Gasteiger partial charge on any atom is 0.393 e. The smallest absolute Gasteiger partial charge is 0.325 e. The van der Waals surface area contributed by atoms with Gasteiger partial charge in [0, 0.05) is 18.7 Å². The number of hydrogen-bond acceptors (Lipinski definition) is 2. The summed E-state index contributed by atoms with van der Waals surface area (Å²) >= 11 is 0. The van der Waals surface area contributed by atoms with Gasteiger partial charge in [-0.25, -0.2) is 0 Å². The van der Waals surface area contributed by atoms with Crippen LogP contribution in [0, 0.1) is 6.92 Å². The van der Waals surface area contributed by atoms with E-state index >= 15 is 0 Å². The van der Waals surface area contributed by atoms with Gasteiger partial charge < -0.3 is 5.32 Å². The lowest BCUT2D eigenvalue weighted by molar-refractivity contribution is -0.127. The van der Waals surface area contributed by atoms with Crippen molar-refractivity contribution < 1.29 is 18.0 Å². The molecule has 2 rings (SSSR count). The highest BCUT2D eigenvalue weighted by atomic mass is 19.4. The Morgan fingerprint density at radius 1 is 1.23 bits per heavy atom. The summed E-state index contributed by atoms with van der Waals surface area (Å²) in [6, 6.07) is 7.92. The molecule has 0 atom stereocenters. The second-order valence-electron chi connectivity index (χ2n) is 5.03. The van der Waals surface area contributed by atoms with Crippen molar-refractivity contribution in [1.29, 1.82) is 0 Å². The number of amides is 1. The van der Waals surface area contributed by atoms with Gasteiger partial charge in [-0.1, -0.05) is 24.3 Å². The summed E-state index contributed by atoms with van der Waals surface area (Å²) in [6.07, 6.45) is -3.64. The molecule has 1 aromatic carbocycles. The molecule has 1 amide bonds. The quantitative estimate of drug-likeness (QED) is 0.926. The standard InChI is InChI=1S/C16H15F3N2O/c1-10-15(21-11(2)22)7-14(9-20-10)13-5-3-4-12(6-13)8-16(17,18)19/h3-7,9H,8H2,1-2H3,(H,21,22). The molecule has 0 aliphatic heterocycles. The number of carbonyl (C=O) groups excluding carboxylic acids is 1. The van der Waals surface area contributed by atoms with E-state index in [1.165, 1.54) is 19.1 Å². The third-order valence-corrected chi connectivity index (χ3v) is 3.06. The number of pyridine rings is 1. The molecule has 0 bridgehead atoms. The van der Waals surface area contributed by atoms with Crippen molar-refractivity contribution >= 4 is 11.6 Å². The first kappa shape index (κ1) is 16.0. The topological polar surface area (TPSA) is 42.0 Å². The van der Waals surface area contributed by atoms with E-state index in [0.29, 0.717) is 22.5 Å². The molecule has 22 heavy (non-hydrogen) atoms. The lowest BCUT2D eigenvalue weighted by Crippen LogP contribution is -2.11. The molecule has 116 valence electrons. The molecular formula is C16H15F3N2O. The van der Waals surface area contributed by atoms with Crippen LogP contribution in [-0.4, -0.2) is 17.1 Å². The van der Waals surface area contributed by atoms with Crippen LogP contribution in [0.25, 0.3) is 11.1 Å². The molecule has 0 fully saturated rings. The number of aryl methyl sites for hydroxylation is 1. The second kappa shape index (κ2) is 6.17. The van der Waals surface area contributed by atoms with Crippen LogP contribution in [0.3, 0.4) is 0 Å². The first-order chi connectivity index (χ1) is 10.2. The third kappa shape index (κ3) is 4.31. The van der Waals surface area contributed by atoms with Crippen molar-refractivity contribution in [3.05, 3.63) is 47.8 Å². The van der Waals surface area contributed by atoms with Gasteiger partial charge in [-0.05, 0) is 24.1 Å². The highest BCUT2D eigenvalue weighted by Crippen LogP contribution is 2.27. The predicted molar refractivity (Wildman–Crippen MR) is 78.5 cm³/mol. The van der Waals surface area contributed by atoms with Gasteiger partial charge in [0.25, 0.3) is 0 Å². The number of aromatic nitrogens is 1. The fraction of sp³-hybridized carbons (Fsp3) is 0.250. The zero-order valence-corrected chi connectivity index (χ0v) is 12.2. The summed E-state index contributed by atoms with van der Waals surface area (Å²) in [5.74, 6) is -0.229. The Hall–Kier alpha value is -2.37. The van der Waals surface area contributed by atoms with Gasteiger partial charge in [0.2, 0.25) is 5.91 Å². The molecule has 6 heteroatoms. The molecule has 0 spiro atoms. The van der Waals surface area contributed by atoms with Gasteiger partial charge in [-0.15, -0.1) is 0 Å². The zero-order valence-electron chi connectivity index (χ0n) is 12.2. The van der Waals surface area contributed by atoms with Crippen LogP contribution in [0.1, 0.15) is 18.2 Å². The summed E-state index contributed by atoms with van der Waals surface area (Å²) in [5.41, 5.74) is 2.66. The molecule has 0 saturated heterocycles. The van der Waals surface area contributed by atoms with E-state index in [4.69, 9.17) is 0 Å². The summed E-state index contributed by atoms with van der Waals surface area (Å²) in [5, 5.41) is 2.65. The lowest BCUT2D eigenvalue weighted by atomic mass is 10.0. The average Bonchev–Trinajstić information content (AvgIpc) is 2.39. The minimum atomic E-state index is -4.24. The molecule has 1 N–H and O–H groups in total. The van der Waals surface area contributed by atoms with Crippen molar-refractivity contribution in [2.45, 2.75) is 26.4 Å². The Morgan fingerprint density at radius 3 is 2.59 bits per heavy atom. The fourth-order valence-electron chi connectivity index (χ4n) is 2.10. The molecule has 0 unspecified atom stereocenters. The van der Waals surface area contributed by atoms with Crippen molar-refractivity contribution in [1.82, 2.24) is 4.98 Å². The van der Waals surface area contributed by atoms with E-state index in [-0.39, 0.29) is 11.5 Å². The molecule has 0 radical (unpaired) electrons. The normalized spacial score (nSPS) is 11.3. The van der Waals surface area contributed by atoms with Gasteiger partial charge in [0.05, 0.1) is 17.8 Å². The third-order valence-electron chi connectivity index (χ3n) is 3.06. The van der Waals surface area contributed by atoms with Crippen LogP contribution >= 0.6 is 0 Å². The van der Waals surface area contributed by atoms with Crippen molar-refractivity contribution in [2.75, 3.05) is 5.32 Å². The Labute approximate surface area is 126 Å². The van der Waals surface area contributed by atoms with E-state index in [0.717, 1.165) is 0 Å². The van der Waals surface area contributed by atoms with Crippen LogP contribution < -0.4 is 5.32 Å². The number of benzene rings is 1. The highest BCUT2D eigenvalue weighted by Gasteiger charge is 2.27. The Bertz CT molecular complexity index is 696. The van der Waals surface area contributed by atoms with Crippen LogP contribution in [0.4, 0.5) is 18.9 Å². The van der Waals surface area contributed by atoms with E-state index in [1.807, 2.05) is 0 Å². The van der Waals surface area contributed by atoms with E-state index in [1.54, 1.807) is 31.3 Å². The van der Waals surface area contributed by atoms with Crippen LogP contribution in [0.2, 0.25) is 0 Å². The van der Waals surface area contributed by atoms with Crippen molar-refractivity contribution in [2.24, 2.45) is 0 Å². The van der Waals surface area contributed by atoms with Crippen LogP contribution in [0.15, 0.2) is 36.5 Å². The number of hydrogen-bond donors (Lipinski definition) is 1. The predicted octanol–water partition coefficient (Wildman–Crippen LogP) is 4.12. The molecule has 2 aromatic rings. The SMILES string of the molecule is CC(=O)Nc1cc(-c2cccc(CC(F)(F)F)c2)cnc1C. The molecule has 1 aromatic heterocycles. The fourth-order valence-corrected chi connectivity index (χ4v) is 2.10. The van der Waals surface area contributed by atoms with Gasteiger partial charge >= 0.3 is 6.18 Å². The molecule has 0 saturated carbocycles. The van der Waals surface area contributed by atoms with Gasteiger partial charge in [0.1, 0.15) is 0 Å². The van der Waals surface area contributed by atoms with Gasteiger partial charge in [-0.2, -0.15) is 13.2 Å². The molecule has 1 heterocycles. The molecular weight excluding hydrogens is 293 g/mol. The van der Waals surface area contributed by atoms with Gasteiger partial charge in [-0.3, -0.25) is 9.78 Å². The first-order valence-corrected chi connectivity index (χ1v) is 6.65. The summed E-state index contributed by atoms with van der Waals surface area (Å²) < 4.78 is 37.4. The Morgan fingerprint density at radius 2 is 1.95 bits per heavy atom. The van der Waals surface area contributed by atoms with Gasteiger partial charge in [0.15, 0.2) is 0 Å². The summed E-state index contributed by atoms with van der Waals surface area (Å²) in [4.78, 5) is 15.3. The first-order valence-electron chi connectivity index (χ1n) is 6.65. The molecule has 0 aliphatic carbocycles. The number of nitrogens with one attached hydrogen (secondary N) is 1.